The molecule has 0 saturated heterocycles. The molecule has 0 aliphatic heterocycles. The number of aliphatic hydroxyl groups excluding tert-OH is 1. The van der Waals surface area contributed by atoms with Crippen molar-refractivity contribution in [3.63, 3.8) is 0 Å². The van der Waals surface area contributed by atoms with Gasteiger partial charge in [-0.05, 0) is 25.6 Å². The van der Waals surface area contributed by atoms with Crippen molar-refractivity contribution in [2.45, 2.75) is 44.7 Å². The minimum Gasteiger partial charge on any atom is -0.481 e. The number of hydrogen-bond donors (Lipinski definition) is 6. The molecule has 0 heterocycles. The summed E-state index contributed by atoms with van der Waals surface area (Å²) in [5, 5.41) is 36.1. The summed E-state index contributed by atoms with van der Waals surface area (Å²) in [5.74, 6) is -1.84. The number of nitrogens with two attached hydrogens (primary N) is 2. The lowest BCUT2D eigenvalue weighted by molar-refractivity contribution is -0.140. The van der Waals surface area contributed by atoms with E-state index in [0.717, 1.165) is 0 Å². The molecule has 0 saturated carbocycles. The summed E-state index contributed by atoms with van der Waals surface area (Å²) in [5.41, 5.74) is 11.1. The Labute approximate surface area is 136 Å². The van der Waals surface area contributed by atoms with Gasteiger partial charge in [0.25, 0.3) is 0 Å². The van der Waals surface area contributed by atoms with Crippen molar-refractivity contribution < 1.29 is 29.9 Å². The van der Waals surface area contributed by atoms with Gasteiger partial charge >= 0.3 is 13.1 Å². The molecule has 1 unspecified atom stereocenters. The number of carboxylic acids is 1. The lowest BCUT2D eigenvalue weighted by atomic mass is 9.81. The van der Waals surface area contributed by atoms with Crippen molar-refractivity contribution >= 4 is 19.0 Å². The molecule has 9 nitrogen and oxygen atoms in total. The molecule has 134 valence electrons. The molecule has 0 bridgehead atoms. The Kier molecular flexibility index (Phi) is 10.8. The predicted molar refractivity (Wildman–Crippen MR) is 85.3 cm³/mol. The molecule has 8 N–H and O–H groups in total. The summed E-state index contributed by atoms with van der Waals surface area (Å²) >= 11 is 0. The van der Waals surface area contributed by atoms with Gasteiger partial charge in [-0.3, -0.25) is 9.59 Å². The van der Waals surface area contributed by atoms with Crippen molar-refractivity contribution in [2.75, 3.05) is 19.6 Å². The van der Waals surface area contributed by atoms with Gasteiger partial charge in [-0.15, -0.1) is 0 Å². The summed E-state index contributed by atoms with van der Waals surface area (Å²) < 4.78 is 0. The van der Waals surface area contributed by atoms with E-state index in [1.165, 1.54) is 11.8 Å². The highest BCUT2D eigenvalue weighted by Gasteiger charge is 2.27. The fourth-order valence-corrected chi connectivity index (χ4v) is 2.27. The third-order valence-corrected chi connectivity index (χ3v) is 3.53. The van der Waals surface area contributed by atoms with E-state index in [9.17, 15) is 14.7 Å². The van der Waals surface area contributed by atoms with E-state index in [1.807, 2.05) is 0 Å². The molecule has 10 heteroatoms. The molecule has 0 rings (SSSR count). The number of carboxylic acid groups (broad SMARTS) is 1. The van der Waals surface area contributed by atoms with Gasteiger partial charge in [0.2, 0.25) is 5.91 Å². The van der Waals surface area contributed by atoms with Crippen LogP contribution in [0.5, 0.6) is 0 Å². The monoisotopic (exact) mass is 333 g/mol. The van der Waals surface area contributed by atoms with Crippen LogP contribution in [0.2, 0.25) is 6.32 Å². The Morgan fingerprint density at radius 1 is 1.30 bits per heavy atom. The lowest BCUT2D eigenvalue weighted by Gasteiger charge is -2.29. The highest BCUT2D eigenvalue weighted by atomic mass is 16.4. The summed E-state index contributed by atoms with van der Waals surface area (Å²) in [6, 6.07) is -1.09. The second-order valence-corrected chi connectivity index (χ2v) is 5.71. The SMILES string of the molecule is C[C@@H](O)[C@H](N)C(=O)N(CCN)CC(CCCB(O)O)CC(=O)O. The van der Waals surface area contributed by atoms with E-state index >= 15 is 0 Å². The zero-order valence-electron chi connectivity index (χ0n) is 13.5. The van der Waals surface area contributed by atoms with Crippen LogP contribution >= 0.6 is 0 Å². The van der Waals surface area contributed by atoms with Gasteiger partial charge in [-0.1, -0.05) is 6.42 Å². The van der Waals surface area contributed by atoms with Crippen LogP contribution in [0.4, 0.5) is 0 Å². The number of carbonyl (C=O) groups is 2. The molecule has 0 aromatic heterocycles. The van der Waals surface area contributed by atoms with E-state index < -0.39 is 31.1 Å². The number of aliphatic hydroxyl groups is 1. The molecule has 0 aliphatic rings. The average Bonchev–Trinajstić information content (AvgIpc) is 2.43. The van der Waals surface area contributed by atoms with Crippen molar-refractivity contribution in [1.82, 2.24) is 4.90 Å². The highest BCUT2D eigenvalue weighted by Crippen LogP contribution is 2.16. The third-order valence-electron chi connectivity index (χ3n) is 3.53. The van der Waals surface area contributed by atoms with Crippen LogP contribution in [0.25, 0.3) is 0 Å². The van der Waals surface area contributed by atoms with E-state index in [0.29, 0.717) is 12.8 Å². The Morgan fingerprint density at radius 2 is 1.91 bits per heavy atom. The molecule has 0 aliphatic carbocycles. The maximum atomic E-state index is 12.2. The summed E-state index contributed by atoms with van der Waals surface area (Å²) in [6.07, 6.45) is -0.205. The van der Waals surface area contributed by atoms with Crippen LogP contribution in [0, 0.1) is 5.92 Å². The van der Waals surface area contributed by atoms with Gasteiger partial charge < -0.3 is 36.6 Å². The first-order valence-corrected chi connectivity index (χ1v) is 7.69. The highest BCUT2D eigenvalue weighted by molar-refractivity contribution is 6.40. The maximum absolute atomic E-state index is 12.2. The molecule has 3 atom stereocenters. The molecule has 0 aromatic rings. The number of rotatable bonds is 12. The van der Waals surface area contributed by atoms with Crippen LogP contribution in [-0.2, 0) is 9.59 Å². The Balaban J connectivity index is 4.83. The van der Waals surface area contributed by atoms with Gasteiger partial charge in [0.05, 0.1) is 6.10 Å². The van der Waals surface area contributed by atoms with Crippen LogP contribution in [-0.4, -0.2) is 75.9 Å². The van der Waals surface area contributed by atoms with E-state index in [4.69, 9.17) is 26.6 Å². The Morgan fingerprint density at radius 3 is 2.35 bits per heavy atom. The molecule has 0 fully saturated rings. The minimum atomic E-state index is -1.44. The topological polar surface area (TPSA) is 170 Å². The van der Waals surface area contributed by atoms with Crippen LogP contribution < -0.4 is 11.5 Å². The first kappa shape index (κ1) is 21.8. The summed E-state index contributed by atoms with van der Waals surface area (Å²) in [7, 11) is -1.44. The minimum absolute atomic E-state index is 0.133. The number of aliphatic carboxylic acids is 1. The number of nitrogens with zero attached hydrogens (tertiary/aromatic N) is 1. The smallest absolute Gasteiger partial charge is 0.451 e. The van der Waals surface area contributed by atoms with Crippen molar-refractivity contribution in [3.8, 4) is 0 Å². The van der Waals surface area contributed by atoms with E-state index in [2.05, 4.69) is 0 Å². The Hall–Kier alpha value is -1.20. The fraction of sp³-hybridized carbons (Fsp3) is 0.846. The van der Waals surface area contributed by atoms with E-state index in [1.54, 1.807) is 0 Å². The van der Waals surface area contributed by atoms with Crippen LogP contribution in [0.1, 0.15) is 26.2 Å². The van der Waals surface area contributed by atoms with Crippen LogP contribution in [0.3, 0.4) is 0 Å². The van der Waals surface area contributed by atoms with Crippen molar-refractivity contribution in [3.05, 3.63) is 0 Å². The zero-order chi connectivity index (χ0) is 18.0. The lowest BCUT2D eigenvalue weighted by Crippen LogP contribution is -2.51. The van der Waals surface area contributed by atoms with Gasteiger partial charge in [-0.2, -0.15) is 0 Å². The second kappa shape index (κ2) is 11.4. The maximum Gasteiger partial charge on any atom is 0.451 e. The molecular formula is C13H28BN3O6. The summed E-state index contributed by atoms with van der Waals surface area (Å²) in [6.45, 7) is 1.94. The molecule has 1 amide bonds. The molecule has 23 heavy (non-hydrogen) atoms. The number of amides is 1. The van der Waals surface area contributed by atoms with E-state index in [-0.39, 0.29) is 38.3 Å². The Bertz CT molecular complexity index is 370. The largest absolute Gasteiger partial charge is 0.481 e. The van der Waals surface area contributed by atoms with Gasteiger partial charge in [0, 0.05) is 26.1 Å². The molecule has 0 radical (unpaired) electrons. The first-order valence-electron chi connectivity index (χ1n) is 7.69. The zero-order valence-corrected chi connectivity index (χ0v) is 13.5. The number of hydrogen-bond acceptors (Lipinski definition) is 7. The molecule has 0 aromatic carbocycles. The molecule has 0 spiro atoms. The second-order valence-electron chi connectivity index (χ2n) is 5.71. The number of carbonyl (C=O) groups excluding carboxylic acids is 1. The predicted octanol–water partition coefficient (Wildman–Crippen LogP) is -2.17. The van der Waals surface area contributed by atoms with Gasteiger partial charge in [-0.25, -0.2) is 0 Å². The quantitative estimate of drug-likeness (QED) is 0.219. The first-order chi connectivity index (χ1) is 10.7. The molecular weight excluding hydrogens is 305 g/mol. The van der Waals surface area contributed by atoms with Gasteiger partial charge in [0.1, 0.15) is 6.04 Å². The third kappa shape index (κ3) is 9.52. The van der Waals surface area contributed by atoms with Crippen molar-refractivity contribution in [2.24, 2.45) is 17.4 Å². The standard InChI is InChI=1S/C13H28BN3O6/c1-9(18)12(16)13(21)17(6-5-15)8-10(7-11(19)20)3-2-4-14(22)23/h9-10,12,18,22-23H,2-8,15-16H2,1H3,(H,19,20)/t9-,10?,12+/m1/s1. The van der Waals surface area contributed by atoms with Crippen LogP contribution in [0.15, 0.2) is 0 Å². The average molecular weight is 333 g/mol. The normalized spacial score (nSPS) is 14.9. The fourth-order valence-electron chi connectivity index (χ4n) is 2.27. The van der Waals surface area contributed by atoms with Crippen molar-refractivity contribution in [1.29, 1.82) is 0 Å². The summed E-state index contributed by atoms with van der Waals surface area (Å²) in [4.78, 5) is 24.6. The van der Waals surface area contributed by atoms with Gasteiger partial charge in [0.15, 0.2) is 0 Å².